The number of nitrogens with one attached hydrogen (secondary N) is 1. The van der Waals surface area contributed by atoms with Crippen molar-refractivity contribution in [2.75, 3.05) is 0 Å². The molecule has 1 N–H and O–H groups in total. The molecule has 0 spiro atoms. The van der Waals surface area contributed by atoms with Gasteiger partial charge < -0.3 is 4.74 Å². The molecule has 0 saturated carbocycles. The molecule has 1 heterocycles. The zero-order chi connectivity index (χ0) is 21.3. The van der Waals surface area contributed by atoms with Crippen molar-refractivity contribution in [1.82, 2.24) is 5.32 Å². The second-order valence-electron chi connectivity index (χ2n) is 8.92. The van der Waals surface area contributed by atoms with Gasteiger partial charge in [-0.2, -0.15) is 0 Å². The van der Waals surface area contributed by atoms with Gasteiger partial charge in [-0.3, -0.25) is 19.7 Å². The summed E-state index contributed by atoms with van der Waals surface area (Å²) in [6, 6.07) is 0. The van der Waals surface area contributed by atoms with E-state index in [2.05, 4.69) is 33.0 Å². The first-order valence-corrected chi connectivity index (χ1v) is 10.4. The minimum Gasteiger partial charge on any atom is -0.460 e. The van der Waals surface area contributed by atoms with E-state index in [4.69, 9.17) is 4.74 Å². The zero-order valence-corrected chi connectivity index (χ0v) is 18.7. The normalized spacial score (nSPS) is 25.8. The molecule has 1 rings (SSSR count). The summed E-state index contributed by atoms with van der Waals surface area (Å²) in [5, 5.41) is 2.63. The fourth-order valence-electron chi connectivity index (χ4n) is 3.90. The lowest BCUT2D eigenvalue weighted by atomic mass is 9.65. The maximum Gasteiger partial charge on any atom is 0.303 e. The molecule has 0 bridgehead atoms. The summed E-state index contributed by atoms with van der Waals surface area (Å²) in [6.45, 7) is 15.5. The molecule has 5 nitrogen and oxygen atoms in total. The Morgan fingerprint density at radius 3 is 2.11 bits per heavy atom. The molecule has 0 aromatic carbocycles. The summed E-state index contributed by atoms with van der Waals surface area (Å²) in [5.74, 6) is 0.206. The van der Waals surface area contributed by atoms with Crippen LogP contribution in [0.15, 0.2) is 0 Å². The van der Waals surface area contributed by atoms with Crippen LogP contribution in [0.4, 0.5) is 0 Å². The van der Waals surface area contributed by atoms with Crippen LogP contribution in [0.2, 0.25) is 0 Å². The number of ether oxygens (including phenoxy) is 1. The molecule has 3 atom stereocenters. The van der Waals surface area contributed by atoms with Crippen LogP contribution in [0.5, 0.6) is 0 Å². The Labute approximate surface area is 166 Å². The molecular formula is C22H41NO4. The summed E-state index contributed by atoms with van der Waals surface area (Å²) >= 11 is 0. The van der Waals surface area contributed by atoms with Crippen molar-refractivity contribution in [1.29, 1.82) is 0 Å². The second-order valence-corrected chi connectivity index (χ2v) is 8.92. The maximum atomic E-state index is 12.6. The lowest BCUT2D eigenvalue weighted by Crippen LogP contribution is -2.45. The van der Waals surface area contributed by atoms with Crippen molar-refractivity contribution in [2.45, 2.75) is 106 Å². The number of esters is 1. The molecule has 5 heteroatoms. The summed E-state index contributed by atoms with van der Waals surface area (Å²) in [7, 11) is 0. The molecule has 27 heavy (non-hydrogen) atoms. The summed E-state index contributed by atoms with van der Waals surface area (Å²) in [4.78, 5) is 34.5. The molecule has 0 radical (unpaired) electrons. The quantitative estimate of drug-likeness (QED) is 0.397. The van der Waals surface area contributed by atoms with Crippen LogP contribution in [-0.4, -0.2) is 23.4 Å². The first-order valence-electron chi connectivity index (χ1n) is 10.4. The van der Waals surface area contributed by atoms with E-state index in [-0.39, 0.29) is 40.6 Å². The highest BCUT2D eigenvalue weighted by atomic mass is 16.6. The Kier molecular flexibility index (Phi) is 10.9. The zero-order valence-electron chi connectivity index (χ0n) is 18.7. The molecule has 1 saturated heterocycles. The Morgan fingerprint density at radius 2 is 1.70 bits per heavy atom. The highest BCUT2D eigenvalue weighted by Gasteiger charge is 2.46. The second kappa shape index (κ2) is 11.5. The predicted molar refractivity (Wildman–Crippen MR) is 109 cm³/mol. The number of imide groups is 1. The molecule has 1 aliphatic heterocycles. The lowest BCUT2D eigenvalue weighted by Gasteiger charge is -2.38. The lowest BCUT2D eigenvalue weighted by molar-refractivity contribution is -0.152. The van der Waals surface area contributed by atoms with Crippen LogP contribution in [0.25, 0.3) is 0 Å². The van der Waals surface area contributed by atoms with E-state index >= 15 is 0 Å². The van der Waals surface area contributed by atoms with Gasteiger partial charge in [-0.25, -0.2) is 0 Å². The fourth-order valence-corrected chi connectivity index (χ4v) is 3.90. The van der Waals surface area contributed by atoms with Gasteiger partial charge in [-0.1, -0.05) is 53.4 Å². The van der Waals surface area contributed by atoms with E-state index in [1.165, 1.54) is 6.92 Å². The van der Waals surface area contributed by atoms with Crippen molar-refractivity contribution in [3.05, 3.63) is 0 Å². The smallest absolute Gasteiger partial charge is 0.303 e. The standard InChI is InChI=1S/C16H29NO2.C6H12O2/c1-5-7-8-10-16(9-6-2)13(4)12(3)11-14(18)17-15(16)19;1-5(7)8-6(2,3)4/h12-13H,5-11H2,1-4H3,(H,17,18,19);1-4H3. The van der Waals surface area contributed by atoms with E-state index in [0.717, 1.165) is 38.5 Å². The Balaban J connectivity index is 0.000000713. The average molecular weight is 384 g/mol. The van der Waals surface area contributed by atoms with Crippen LogP contribution in [0.3, 0.4) is 0 Å². The fraction of sp³-hybridized carbons (Fsp3) is 0.864. The monoisotopic (exact) mass is 383 g/mol. The first-order chi connectivity index (χ1) is 12.4. The number of unbranched alkanes of at least 4 members (excludes halogenated alkanes) is 2. The highest BCUT2D eigenvalue weighted by molar-refractivity contribution is 5.99. The van der Waals surface area contributed by atoms with Crippen LogP contribution >= 0.6 is 0 Å². The maximum absolute atomic E-state index is 12.6. The molecule has 3 unspecified atom stereocenters. The van der Waals surface area contributed by atoms with Gasteiger partial charge in [-0.05, 0) is 45.4 Å². The summed E-state index contributed by atoms with van der Waals surface area (Å²) < 4.78 is 4.80. The minimum atomic E-state index is -0.338. The summed E-state index contributed by atoms with van der Waals surface area (Å²) in [5.41, 5.74) is -0.665. The number of hydrogen-bond acceptors (Lipinski definition) is 4. The molecule has 2 amide bonds. The third kappa shape index (κ3) is 8.89. The molecule has 1 aliphatic rings. The average Bonchev–Trinajstić information content (AvgIpc) is 2.57. The van der Waals surface area contributed by atoms with E-state index in [1.807, 2.05) is 20.8 Å². The third-order valence-corrected chi connectivity index (χ3v) is 5.31. The van der Waals surface area contributed by atoms with Crippen molar-refractivity contribution in [3.63, 3.8) is 0 Å². The largest absolute Gasteiger partial charge is 0.460 e. The summed E-state index contributed by atoms with van der Waals surface area (Å²) in [6.07, 6.45) is 6.67. The topological polar surface area (TPSA) is 72.5 Å². The highest BCUT2D eigenvalue weighted by Crippen LogP contribution is 2.44. The number of rotatable bonds is 6. The van der Waals surface area contributed by atoms with E-state index in [9.17, 15) is 14.4 Å². The van der Waals surface area contributed by atoms with Gasteiger partial charge in [0.15, 0.2) is 0 Å². The minimum absolute atomic E-state index is 0.0210. The molecule has 1 fully saturated rings. The van der Waals surface area contributed by atoms with Gasteiger partial charge in [0, 0.05) is 13.3 Å². The van der Waals surface area contributed by atoms with Gasteiger partial charge in [0.05, 0.1) is 5.41 Å². The SMILES string of the molecule is CC(=O)OC(C)(C)C.CCCCCC1(CCC)C(=O)NC(=O)CC(C)C1C. The third-order valence-electron chi connectivity index (χ3n) is 5.31. The van der Waals surface area contributed by atoms with Crippen molar-refractivity contribution in [3.8, 4) is 0 Å². The van der Waals surface area contributed by atoms with Crippen LogP contribution in [-0.2, 0) is 19.1 Å². The van der Waals surface area contributed by atoms with Gasteiger partial charge in [0.2, 0.25) is 11.8 Å². The Bertz CT molecular complexity index is 495. The Hall–Kier alpha value is -1.39. The number of carbonyl (C=O) groups excluding carboxylic acids is 3. The van der Waals surface area contributed by atoms with Crippen LogP contribution in [0, 0.1) is 17.3 Å². The van der Waals surface area contributed by atoms with Gasteiger partial charge in [0.1, 0.15) is 5.60 Å². The van der Waals surface area contributed by atoms with Gasteiger partial charge in [0.25, 0.3) is 0 Å². The number of hydrogen-bond donors (Lipinski definition) is 1. The Morgan fingerprint density at radius 1 is 1.11 bits per heavy atom. The molecule has 158 valence electrons. The van der Waals surface area contributed by atoms with E-state index < -0.39 is 0 Å². The van der Waals surface area contributed by atoms with Gasteiger partial charge in [-0.15, -0.1) is 0 Å². The van der Waals surface area contributed by atoms with Gasteiger partial charge >= 0.3 is 5.97 Å². The van der Waals surface area contributed by atoms with Crippen molar-refractivity contribution >= 4 is 17.8 Å². The predicted octanol–water partition coefficient (Wildman–Crippen LogP) is 5.02. The van der Waals surface area contributed by atoms with Crippen LogP contribution in [0.1, 0.15) is 100 Å². The van der Waals surface area contributed by atoms with Crippen molar-refractivity contribution in [2.24, 2.45) is 17.3 Å². The van der Waals surface area contributed by atoms with Crippen molar-refractivity contribution < 1.29 is 19.1 Å². The van der Waals surface area contributed by atoms with Crippen LogP contribution < -0.4 is 5.32 Å². The molecule has 0 aromatic heterocycles. The molecule has 0 aliphatic carbocycles. The van der Waals surface area contributed by atoms with E-state index in [1.54, 1.807) is 0 Å². The molecule has 0 aromatic rings. The number of amides is 2. The van der Waals surface area contributed by atoms with E-state index in [0.29, 0.717) is 6.42 Å². The molecular weight excluding hydrogens is 342 g/mol. The first kappa shape index (κ1) is 25.6. The number of carbonyl (C=O) groups is 3.